The van der Waals surface area contributed by atoms with Crippen molar-refractivity contribution in [2.24, 2.45) is 0 Å². The number of aryl methyl sites for hydroxylation is 1. The highest BCUT2D eigenvalue weighted by Crippen LogP contribution is 2.25. The first-order chi connectivity index (χ1) is 7.56. The number of hydrogen-bond acceptors (Lipinski definition) is 4. The number of thiophene rings is 1. The van der Waals surface area contributed by atoms with Gasteiger partial charge in [0.25, 0.3) is 0 Å². The second kappa shape index (κ2) is 6.01. The first-order valence-corrected chi connectivity index (χ1v) is 6.40. The van der Waals surface area contributed by atoms with E-state index in [-0.39, 0.29) is 18.1 Å². The van der Waals surface area contributed by atoms with Crippen LogP contribution in [0, 0.1) is 6.92 Å². The van der Waals surface area contributed by atoms with E-state index in [4.69, 9.17) is 4.74 Å². The minimum absolute atomic E-state index is 0.193. The third-order valence-corrected chi connectivity index (χ3v) is 3.27. The largest absolute Gasteiger partial charge is 0.465 e. The molecule has 1 aromatic rings. The Balaban J connectivity index is 2.87. The number of nitrogens with one attached hydrogen (secondary N) is 1. The average Bonchev–Trinajstić information content (AvgIpc) is 2.61. The molecule has 0 amide bonds. The zero-order valence-electron chi connectivity index (χ0n) is 10.2. The molecule has 3 nitrogen and oxygen atoms in total. The van der Waals surface area contributed by atoms with Gasteiger partial charge in [-0.15, -0.1) is 11.3 Å². The van der Waals surface area contributed by atoms with Crippen molar-refractivity contribution in [3.8, 4) is 0 Å². The van der Waals surface area contributed by atoms with Gasteiger partial charge < -0.3 is 4.74 Å². The minimum atomic E-state index is -0.333. The van der Waals surface area contributed by atoms with Crippen molar-refractivity contribution in [2.45, 2.75) is 39.8 Å². The Labute approximate surface area is 101 Å². The third-order valence-electron chi connectivity index (χ3n) is 2.19. The number of carbonyl (C=O) groups excluding carboxylic acids is 1. The van der Waals surface area contributed by atoms with E-state index in [1.165, 1.54) is 0 Å². The summed E-state index contributed by atoms with van der Waals surface area (Å²) < 4.78 is 5.09. The lowest BCUT2D eigenvalue weighted by Crippen LogP contribution is -2.34. The Kier molecular flexibility index (Phi) is 4.96. The summed E-state index contributed by atoms with van der Waals surface area (Å²) in [7, 11) is 0. The number of ether oxygens (including phenoxy) is 1. The van der Waals surface area contributed by atoms with E-state index in [0.717, 1.165) is 10.4 Å². The Bertz CT molecular complexity index is 347. The van der Waals surface area contributed by atoms with Crippen molar-refractivity contribution in [1.82, 2.24) is 5.32 Å². The number of carbonyl (C=O) groups is 1. The lowest BCUT2D eigenvalue weighted by molar-refractivity contribution is -0.146. The summed E-state index contributed by atoms with van der Waals surface area (Å²) in [6, 6.07) is 1.93. The predicted molar refractivity (Wildman–Crippen MR) is 66.7 cm³/mol. The van der Waals surface area contributed by atoms with Gasteiger partial charge in [0, 0.05) is 10.9 Å². The Hall–Kier alpha value is -0.870. The van der Waals surface area contributed by atoms with Crippen LogP contribution in [0.1, 0.15) is 37.3 Å². The van der Waals surface area contributed by atoms with Crippen LogP contribution in [0.25, 0.3) is 0 Å². The maximum Gasteiger partial charge on any atom is 0.328 e. The van der Waals surface area contributed by atoms with Crippen molar-refractivity contribution in [3.63, 3.8) is 0 Å². The molecule has 90 valence electrons. The van der Waals surface area contributed by atoms with E-state index in [0.29, 0.717) is 6.61 Å². The highest BCUT2D eigenvalue weighted by atomic mass is 32.1. The first kappa shape index (κ1) is 13.2. The fourth-order valence-corrected chi connectivity index (χ4v) is 2.46. The van der Waals surface area contributed by atoms with Gasteiger partial charge in [-0.3, -0.25) is 5.32 Å². The number of hydrogen-bond donors (Lipinski definition) is 1. The summed E-state index contributed by atoms with van der Waals surface area (Å²) in [5.74, 6) is -0.193. The molecule has 0 aliphatic carbocycles. The van der Waals surface area contributed by atoms with E-state index in [1.54, 1.807) is 11.3 Å². The molecule has 1 rings (SSSR count). The predicted octanol–water partition coefficient (Wildman–Crippen LogP) is 2.66. The van der Waals surface area contributed by atoms with Crippen LogP contribution in [0.15, 0.2) is 11.4 Å². The fraction of sp³-hybridized carbons (Fsp3) is 0.583. The molecule has 0 saturated heterocycles. The smallest absolute Gasteiger partial charge is 0.328 e. The topological polar surface area (TPSA) is 38.3 Å². The van der Waals surface area contributed by atoms with Crippen LogP contribution >= 0.6 is 11.3 Å². The van der Waals surface area contributed by atoms with Gasteiger partial charge in [0.2, 0.25) is 0 Å². The van der Waals surface area contributed by atoms with Gasteiger partial charge >= 0.3 is 5.97 Å². The van der Waals surface area contributed by atoms with E-state index in [1.807, 2.05) is 39.1 Å². The second-order valence-electron chi connectivity index (χ2n) is 3.97. The zero-order chi connectivity index (χ0) is 12.1. The second-order valence-corrected chi connectivity index (χ2v) is 4.92. The number of esters is 1. The Morgan fingerprint density at radius 2 is 2.25 bits per heavy atom. The van der Waals surface area contributed by atoms with Gasteiger partial charge in [-0.25, -0.2) is 4.79 Å². The van der Waals surface area contributed by atoms with Crippen molar-refractivity contribution >= 4 is 17.3 Å². The molecule has 0 fully saturated rings. The molecule has 0 spiro atoms. The molecule has 1 N–H and O–H groups in total. The van der Waals surface area contributed by atoms with Gasteiger partial charge in [-0.05, 0) is 44.7 Å². The normalized spacial score (nSPS) is 12.8. The van der Waals surface area contributed by atoms with Crippen LogP contribution in [0.3, 0.4) is 0 Å². The van der Waals surface area contributed by atoms with E-state index < -0.39 is 0 Å². The summed E-state index contributed by atoms with van der Waals surface area (Å²) in [4.78, 5) is 12.9. The van der Waals surface area contributed by atoms with Gasteiger partial charge in [-0.1, -0.05) is 0 Å². The molecule has 1 atom stereocenters. The maximum atomic E-state index is 11.9. The number of rotatable bonds is 5. The fourth-order valence-electron chi connectivity index (χ4n) is 1.49. The molecule has 4 heteroatoms. The van der Waals surface area contributed by atoms with Crippen LogP contribution < -0.4 is 5.32 Å². The highest BCUT2D eigenvalue weighted by molar-refractivity contribution is 7.10. The zero-order valence-corrected chi connectivity index (χ0v) is 11.1. The van der Waals surface area contributed by atoms with Crippen LogP contribution in [0.2, 0.25) is 0 Å². The lowest BCUT2D eigenvalue weighted by atomic mass is 10.1. The van der Waals surface area contributed by atoms with Crippen LogP contribution in [0.4, 0.5) is 0 Å². The summed E-state index contributed by atoms with van der Waals surface area (Å²) in [6.45, 7) is 8.30. The average molecular weight is 241 g/mol. The molecular weight excluding hydrogens is 222 g/mol. The molecule has 0 aliphatic rings. The SMILES string of the molecule is CCOC(=O)C(NC(C)C)c1sccc1C. The third kappa shape index (κ3) is 3.32. The quantitative estimate of drug-likeness (QED) is 0.805. The summed E-state index contributed by atoms with van der Waals surface area (Å²) in [5, 5.41) is 5.24. The Morgan fingerprint density at radius 3 is 2.69 bits per heavy atom. The van der Waals surface area contributed by atoms with Crippen LogP contribution in [-0.4, -0.2) is 18.6 Å². The monoisotopic (exact) mass is 241 g/mol. The molecule has 0 aliphatic heterocycles. The van der Waals surface area contributed by atoms with Gasteiger partial charge in [0.05, 0.1) is 6.61 Å². The Morgan fingerprint density at radius 1 is 1.56 bits per heavy atom. The van der Waals surface area contributed by atoms with Gasteiger partial charge in [0.15, 0.2) is 0 Å². The van der Waals surface area contributed by atoms with Gasteiger partial charge in [-0.2, -0.15) is 0 Å². The van der Waals surface area contributed by atoms with E-state index in [9.17, 15) is 4.79 Å². The van der Waals surface area contributed by atoms with Crippen molar-refractivity contribution in [2.75, 3.05) is 6.61 Å². The molecule has 16 heavy (non-hydrogen) atoms. The lowest BCUT2D eigenvalue weighted by Gasteiger charge is -2.19. The molecule has 1 aromatic heterocycles. The molecule has 1 heterocycles. The van der Waals surface area contributed by atoms with Crippen molar-refractivity contribution < 1.29 is 9.53 Å². The van der Waals surface area contributed by atoms with E-state index >= 15 is 0 Å². The summed E-state index contributed by atoms with van der Waals surface area (Å²) >= 11 is 1.59. The first-order valence-electron chi connectivity index (χ1n) is 5.53. The molecule has 0 aromatic carbocycles. The summed E-state index contributed by atoms with van der Waals surface area (Å²) in [5.41, 5.74) is 1.14. The molecule has 0 saturated carbocycles. The van der Waals surface area contributed by atoms with Crippen LogP contribution in [0.5, 0.6) is 0 Å². The summed E-state index contributed by atoms with van der Waals surface area (Å²) in [6.07, 6.45) is 0. The van der Waals surface area contributed by atoms with Crippen molar-refractivity contribution in [1.29, 1.82) is 0 Å². The maximum absolute atomic E-state index is 11.9. The molecular formula is C12H19NO2S. The van der Waals surface area contributed by atoms with Crippen molar-refractivity contribution in [3.05, 3.63) is 21.9 Å². The minimum Gasteiger partial charge on any atom is -0.465 e. The van der Waals surface area contributed by atoms with Crippen LogP contribution in [-0.2, 0) is 9.53 Å². The van der Waals surface area contributed by atoms with Gasteiger partial charge in [0.1, 0.15) is 6.04 Å². The van der Waals surface area contributed by atoms with E-state index in [2.05, 4.69) is 5.32 Å². The highest BCUT2D eigenvalue weighted by Gasteiger charge is 2.24. The standard InChI is InChI=1S/C12H19NO2S/c1-5-15-12(14)10(13-8(2)3)11-9(4)6-7-16-11/h6-8,10,13H,5H2,1-4H3. The molecule has 0 bridgehead atoms. The molecule has 1 unspecified atom stereocenters. The molecule has 0 radical (unpaired) electrons.